The lowest BCUT2D eigenvalue weighted by Crippen LogP contribution is -2.15. The quantitative estimate of drug-likeness (QED) is 0.324. The summed E-state index contributed by atoms with van der Waals surface area (Å²) in [4.78, 5) is 0. The number of hydrogen-bond acceptors (Lipinski definition) is 1. The highest BCUT2D eigenvalue weighted by Gasteiger charge is 2.35. The molecule has 0 aromatic heterocycles. The van der Waals surface area contributed by atoms with Crippen molar-refractivity contribution in [2.45, 2.75) is 32.6 Å². The van der Waals surface area contributed by atoms with E-state index in [1.807, 2.05) is 0 Å². The third-order valence-electron chi connectivity index (χ3n) is 7.61. The minimum atomic E-state index is -0.0118. The second-order valence-electron chi connectivity index (χ2n) is 10.4. The van der Waals surface area contributed by atoms with Crippen LogP contribution in [0.15, 0.2) is 109 Å². The van der Waals surface area contributed by atoms with Crippen LogP contribution in [0.25, 0.3) is 27.8 Å². The normalized spacial score (nSPS) is 17.5. The number of anilines is 2. The molecule has 1 N–H and O–H groups in total. The summed E-state index contributed by atoms with van der Waals surface area (Å²) in [5.74, 6) is 0.610. The Kier molecular flexibility index (Phi) is 5.22. The molecule has 0 amide bonds. The van der Waals surface area contributed by atoms with Crippen molar-refractivity contribution in [1.82, 2.24) is 0 Å². The molecule has 1 nitrogen and oxygen atoms in total. The predicted octanol–water partition coefficient (Wildman–Crippen LogP) is 9.38. The average molecular weight is 454 g/mol. The van der Waals surface area contributed by atoms with E-state index in [2.05, 4.69) is 135 Å². The maximum absolute atomic E-state index is 3.80. The summed E-state index contributed by atoms with van der Waals surface area (Å²) in [5, 5.41) is 3.80. The van der Waals surface area contributed by atoms with Crippen LogP contribution >= 0.6 is 0 Å². The fraction of sp³-hybridized carbons (Fsp3) is 0.176. The summed E-state index contributed by atoms with van der Waals surface area (Å²) in [6, 6.07) is 33.1. The summed E-state index contributed by atoms with van der Waals surface area (Å²) < 4.78 is 0. The van der Waals surface area contributed by atoms with Crippen LogP contribution in [-0.2, 0) is 5.41 Å². The van der Waals surface area contributed by atoms with E-state index < -0.39 is 0 Å². The van der Waals surface area contributed by atoms with Crippen LogP contribution in [0.1, 0.15) is 43.9 Å². The molecule has 1 heteroatoms. The highest BCUT2D eigenvalue weighted by molar-refractivity contribution is 5.88. The van der Waals surface area contributed by atoms with Gasteiger partial charge in [0.15, 0.2) is 0 Å². The predicted molar refractivity (Wildman–Crippen MR) is 150 cm³/mol. The van der Waals surface area contributed by atoms with Crippen molar-refractivity contribution in [2.75, 3.05) is 5.32 Å². The van der Waals surface area contributed by atoms with Crippen molar-refractivity contribution < 1.29 is 0 Å². The molecule has 0 heterocycles. The summed E-state index contributed by atoms with van der Waals surface area (Å²) >= 11 is 0. The van der Waals surface area contributed by atoms with Gasteiger partial charge in [0.2, 0.25) is 0 Å². The highest BCUT2D eigenvalue weighted by atomic mass is 14.9. The van der Waals surface area contributed by atoms with E-state index in [-0.39, 0.29) is 5.41 Å². The second kappa shape index (κ2) is 8.43. The highest BCUT2D eigenvalue weighted by Crippen LogP contribution is 2.49. The molecule has 0 spiro atoms. The lowest BCUT2D eigenvalue weighted by atomic mass is 9.82. The second-order valence-corrected chi connectivity index (χ2v) is 10.4. The van der Waals surface area contributed by atoms with E-state index in [4.69, 9.17) is 0 Å². The van der Waals surface area contributed by atoms with Gasteiger partial charge in [-0.1, -0.05) is 112 Å². The van der Waals surface area contributed by atoms with Crippen LogP contribution in [0.5, 0.6) is 0 Å². The van der Waals surface area contributed by atoms with Crippen LogP contribution in [0.4, 0.5) is 11.4 Å². The zero-order valence-corrected chi connectivity index (χ0v) is 20.7. The molecule has 6 rings (SSSR count). The van der Waals surface area contributed by atoms with Crippen molar-refractivity contribution in [3.63, 3.8) is 0 Å². The van der Waals surface area contributed by atoms with E-state index in [0.29, 0.717) is 5.92 Å². The Hall–Kier alpha value is -3.84. The lowest BCUT2D eigenvalue weighted by molar-refractivity contribution is 0.660. The number of hydrogen-bond donors (Lipinski definition) is 1. The zero-order chi connectivity index (χ0) is 24.0. The maximum atomic E-state index is 3.80. The van der Waals surface area contributed by atoms with Gasteiger partial charge in [0.1, 0.15) is 0 Å². The summed E-state index contributed by atoms with van der Waals surface area (Å²) in [5.41, 5.74) is 12.7. The van der Waals surface area contributed by atoms with Gasteiger partial charge in [-0.25, -0.2) is 0 Å². The molecule has 2 aliphatic rings. The minimum absolute atomic E-state index is 0.0118. The Balaban J connectivity index is 1.42. The number of rotatable bonds is 4. The van der Waals surface area contributed by atoms with Gasteiger partial charge in [0.25, 0.3) is 0 Å². The molecule has 1 atom stereocenters. The minimum Gasteiger partial charge on any atom is -0.355 e. The molecular weight excluding hydrogens is 422 g/mol. The van der Waals surface area contributed by atoms with Gasteiger partial charge < -0.3 is 5.32 Å². The SMILES string of the molecule is CC1C=CC(c2ccc(-c3ccccc3)c(Nc3ccc4c(c3)C(C)(C)c3ccccc3-4)c2)=CC1. The summed E-state index contributed by atoms with van der Waals surface area (Å²) in [6.45, 7) is 6.93. The molecule has 1 unspecified atom stereocenters. The first-order chi connectivity index (χ1) is 17.0. The van der Waals surface area contributed by atoms with Crippen molar-refractivity contribution >= 4 is 16.9 Å². The Morgan fingerprint density at radius 1 is 0.714 bits per heavy atom. The van der Waals surface area contributed by atoms with E-state index in [1.165, 1.54) is 44.5 Å². The molecule has 0 bridgehead atoms. The molecule has 4 aromatic carbocycles. The van der Waals surface area contributed by atoms with Gasteiger partial charge >= 0.3 is 0 Å². The summed E-state index contributed by atoms with van der Waals surface area (Å²) in [6.07, 6.45) is 8.04. The molecule has 2 aliphatic carbocycles. The average Bonchev–Trinajstić information content (AvgIpc) is 3.11. The van der Waals surface area contributed by atoms with Crippen molar-refractivity contribution in [2.24, 2.45) is 5.92 Å². The first-order valence-electron chi connectivity index (χ1n) is 12.6. The van der Waals surface area contributed by atoms with Crippen LogP contribution in [-0.4, -0.2) is 0 Å². The van der Waals surface area contributed by atoms with Crippen molar-refractivity contribution in [1.29, 1.82) is 0 Å². The Bertz CT molecular complexity index is 1470. The largest absolute Gasteiger partial charge is 0.355 e. The molecule has 172 valence electrons. The molecule has 0 radical (unpaired) electrons. The smallest absolute Gasteiger partial charge is 0.0470 e. The molecule has 4 aromatic rings. The van der Waals surface area contributed by atoms with Gasteiger partial charge in [0, 0.05) is 22.4 Å². The third-order valence-corrected chi connectivity index (χ3v) is 7.61. The van der Waals surface area contributed by atoms with Gasteiger partial charge in [-0.05, 0) is 69.5 Å². The van der Waals surface area contributed by atoms with Crippen LogP contribution < -0.4 is 5.32 Å². The van der Waals surface area contributed by atoms with E-state index in [1.54, 1.807) is 0 Å². The monoisotopic (exact) mass is 453 g/mol. The van der Waals surface area contributed by atoms with Crippen molar-refractivity contribution in [3.05, 3.63) is 126 Å². The Morgan fingerprint density at radius 2 is 1.46 bits per heavy atom. The molecule has 0 saturated heterocycles. The number of benzene rings is 4. The third kappa shape index (κ3) is 3.82. The summed E-state index contributed by atoms with van der Waals surface area (Å²) in [7, 11) is 0. The molecule has 0 saturated carbocycles. The maximum Gasteiger partial charge on any atom is 0.0470 e. The molecule has 35 heavy (non-hydrogen) atoms. The fourth-order valence-electron chi connectivity index (χ4n) is 5.58. The van der Waals surface area contributed by atoms with Gasteiger partial charge in [-0.3, -0.25) is 0 Å². The standard InChI is InChI=1S/C34H31N/c1-23-13-15-24(16-14-23)26-17-19-28(25-9-5-4-6-10-25)33(21-26)35-27-18-20-30-29-11-7-8-12-31(29)34(2,3)32(30)22-27/h4-13,15-23,35H,14H2,1-3H3. The van der Waals surface area contributed by atoms with E-state index in [9.17, 15) is 0 Å². The Morgan fingerprint density at radius 3 is 2.26 bits per heavy atom. The molecule has 0 aliphatic heterocycles. The number of fused-ring (bicyclic) bond motifs is 3. The number of allylic oxidation sites excluding steroid dienone is 4. The van der Waals surface area contributed by atoms with Gasteiger partial charge in [0.05, 0.1) is 0 Å². The van der Waals surface area contributed by atoms with E-state index in [0.717, 1.165) is 17.8 Å². The molecule has 0 fully saturated rings. The van der Waals surface area contributed by atoms with Crippen LogP contribution in [0.3, 0.4) is 0 Å². The topological polar surface area (TPSA) is 12.0 Å². The Labute approximate surface area is 208 Å². The van der Waals surface area contributed by atoms with Gasteiger partial charge in [-0.15, -0.1) is 0 Å². The van der Waals surface area contributed by atoms with Crippen LogP contribution in [0, 0.1) is 5.92 Å². The van der Waals surface area contributed by atoms with Crippen LogP contribution in [0.2, 0.25) is 0 Å². The first kappa shape index (κ1) is 21.7. The first-order valence-corrected chi connectivity index (χ1v) is 12.6. The lowest BCUT2D eigenvalue weighted by Gasteiger charge is -2.22. The van der Waals surface area contributed by atoms with Gasteiger partial charge in [-0.2, -0.15) is 0 Å². The van der Waals surface area contributed by atoms with E-state index >= 15 is 0 Å². The van der Waals surface area contributed by atoms with Crippen molar-refractivity contribution in [3.8, 4) is 22.3 Å². The zero-order valence-electron chi connectivity index (χ0n) is 20.7. The molecular formula is C34H31N. The number of nitrogens with one attached hydrogen (secondary N) is 1. The fourth-order valence-corrected chi connectivity index (χ4v) is 5.58.